The fourth-order valence-corrected chi connectivity index (χ4v) is 3.67. The standard InChI is InChI=1S/C23H26N6O/c1-17-4-3-11-29(15-17)22-13-21(26-16-27-22)25-14-18-5-2-6-20(12-18)28-23(30)19-7-9-24-10-8-19/h2,5-10,12-13,16-17H,3-4,11,14-15H2,1H3,(H,28,30)(H,25,26,27). The van der Waals surface area contributed by atoms with Gasteiger partial charge in [0.25, 0.3) is 5.91 Å². The van der Waals surface area contributed by atoms with E-state index in [1.165, 1.54) is 12.8 Å². The Morgan fingerprint density at radius 2 is 2.03 bits per heavy atom. The number of piperidine rings is 1. The number of anilines is 3. The summed E-state index contributed by atoms with van der Waals surface area (Å²) in [5, 5.41) is 6.29. The predicted molar refractivity (Wildman–Crippen MR) is 119 cm³/mol. The molecule has 1 fully saturated rings. The molecule has 2 aromatic heterocycles. The highest BCUT2D eigenvalue weighted by atomic mass is 16.1. The van der Waals surface area contributed by atoms with Gasteiger partial charge < -0.3 is 15.5 Å². The van der Waals surface area contributed by atoms with E-state index in [2.05, 4.69) is 37.4 Å². The Morgan fingerprint density at radius 3 is 2.87 bits per heavy atom. The molecule has 3 aromatic rings. The quantitative estimate of drug-likeness (QED) is 0.649. The zero-order valence-corrected chi connectivity index (χ0v) is 17.1. The van der Waals surface area contributed by atoms with Crippen molar-refractivity contribution in [1.29, 1.82) is 0 Å². The van der Waals surface area contributed by atoms with E-state index < -0.39 is 0 Å². The van der Waals surface area contributed by atoms with Crippen LogP contribution >= 0.6 is 0 Å². The topological polar surface area (TPSA) is 83.0 Å². The number of carbonyl (C=O) groups is 1. The molecule has 2 N–H and O–H groups in total. The Balaban J connectivity index is 1.38. The first kappa shape index (κ1) is 19.8. The van der Waals surface area contributed by atoms with Gasteiger partial charge in [-0.3, -0.25) is 9.78 Å². The lowest BCUT2D eigenvalue weighted by Crippen LogP contribution is -2.34. The molecule has 3 heterocycles. The lowest BCUT2D eigenvalue weighted by atomic mass is 10.0. The van der Waals surface area contributed by atoms with Crippen LogP contribution < -0.4 is 15.5 Å². The van der Waals surface area contributed by atoms with E-state index in [1.54, 1.807) is 30.9 Å². The molecule has 1 aliphatic rings. The highest BCUT2D eigenvalue weighted by Gasteiger charge is 2.17. The molecule has 0 radical (unpaired) electrons. The molecule has 1 aliphatic heterocycles. The van der Waals surface area contributed by atoms with Gasteiger partial charge in [0.2, 0.25) is 0 Å². The first-order valence-electron chi connectivity index (χ1n) is 10.3. The van der Waals surface area contributed by atoms with E-state index in [1.807, 2.05) is 30.3 Å². The van der Waals surface area contributed by atoms with E-state index in [4.69, 9.17) is 0 Å². The van der Waals surface area contributed by atoms with Gasteiger partial charge in [-0.25, -0.2) is 9.97 Å². The van der Waals surface area contributed by atoms with Crippen molar-refractivity contribution in [3.8, 4) is 0 Å². The zero-order valence-electron chi connectivity index (χ0n) is 17.1. The number of nitrogens with zero attached hydrogens (tertiary/aromatic N) is 4. The Kier molecular flexibility index (Phi) is 6.17. The molecule has 1 unspecified atom stereocenters. The third kappa shape index (κ3) is 5.11. The molecule has 1 saturated heterocycles. The highest BCUT2D eigenvalue weighted by molar-refractivity contribution is 6.04. The van der Waals surface area contributed by atoms with Crippen molar-refractivity contribution in [3.63, 3.8) is 0 Å². The van der Waals surface area contributed by atoms with Crippen LogP contribution in [-0.4, -0.2) is 33.9 Å². The van der Waals surface area contributed by atoms with E-state index >= 15 is 0 Å². The van der Waals surface area contributed by atoms with Crippen LogP contribution in [0.15, 0.2) is 61.2 Å². The van der Waals surface area contributed by atoms with Crippen LogP contribution in [0, 0.1) is 5.92 Å². The van der Waals surface area contributed by atoms with Crippen molar-refractivity contribution in [2.45, 2.75) is 26.3 Å². The average molecular weight is 403 g/mol. The molecular weight excluding hydrogens is 376 g/mol. The SMILES string of the molecule is CC1CCCN(c2cc(NCc3cccc(NC(=O)c4ccncc4)c3)ncn2)C1. The molecule has 0 saturated carbocycles. The van der Waals surface area contributed by atoms with Crippen LogP contribution in [0.4, 0.5) is 17.3 Å². The van der Waals surface area contributed by atoms with Crippen molar-refractivity contribution in [2.75, 3.05) is 28.6 Å². The Morgan fingerprint density at radius 1 is 1.17 bits per heavy atom. The van der Waals surface area contributed by atoms with Gasteiger partial charge in [-0.1, -0.05) is 19.1 Å². The Labute approximate surface area is 176 Å². The predicted octanol–water partition coefficient (Wildman–Crippen LogP) is 3.97. The Bertz CT molecular complexity index is 994. The number of aromatic nitrogens is 3. The number of nitrogens with one attached hydrogen (secondary N) is 2. The van der Waals surface area contributed by atoms with Gasteiger partial charge in [-0.05, 0) is 48.6 Å². The molecule has 0 aliphatic carbocycles. The van der Waals surface area contributed by atoms with E-state index in [0.717, 1.165) is 36.0 Å². The third-order valence-corrected chi connectivity index (χ3v) is 5.23. The molecule has 154 valence electrons. The summed E-state index contributed by atoms with van der Waals surface area (Å²) in [4.78, 5) is 27.4. The van der Waals surface area contributed by atoms with Gasteiger partial charge in [0.1, 0.15) is 18.0 Å². The normalized spacial score (nSPS) is 16.2. The number of hydrogen-bond donors (Lipinski definition) is 2. The second-order valence-electron chi connectivity index (χ2n) is 7.70. The lowest BCUT2D eigenvalue weighted by Gasteiger charge is -2.31. The summed E-state index contributed by atoms with van der Waals surface area (Å²) in [5.74, 6) is 2.30. The number of amides is 1. The summed E-state index contributed by atoms with van der Waals surface area (Å²) in [6, 6.07) is 13.2. The summed E-state index contributed by atoms with van der Waals surface area (Å²) >= 11 is 0. The third-order valence-electron chi connectivity index (χ3n) is 5.23. The van der Waals surface area contributed by atoms with Crippen LogP contribution in [0.25, 0.3) is 0 Å². The molecule has 7 heteroatoms. The van der Waals surface area contributed by atoms with Crippen LogP contribution in [-0.2, 0) is 6.54 Å². The fourth-order valence-electron chi connectivity index (χ4n) is 3.67. The lowest BCUT2D eigenvalue weighted by molar-refractivity contribution is 0.102. The minimum absolute atomic E-state index is 0.154. The molecule has 1 atom stereocenters. The first-order valence-corrected chi connectivity index (χ1v) is 10.3. The Hall–Kier alpha value is -3.48. The number of benzene rings is 1. The maximum Gasteiger partial charge on any atom is 0.255 e. The van der Waals surface area contributed by atoms with Crippen LogP contribution in [0.1, 0.15) is 35.7 Å². The van der Waals surface area contributed by atoms with Gasteiger partial charge in [0, 0.05) is 49.3 Å². The highest BCUT2D eigenvalue weighted by Crippen LogP contribution is 2.22. The van der Waals surface area contributed by atoms with Gasteiger partial charge in [-0.15, -0.1) is 0 Å². The molecule has 1 aromatic carbocycles. The van der Waals surface area contributed by atoms with Crippen LogP contribution in [0.3, 0.4) is 0 Å². The van der Waals surface area contributed by atoms with Gasteiger partial charge in [0.05, 0.1) is 0 Å². The van der Waals surface area contributed by atoms with E-state index in [0.29, 0.717) is 18.0 Å². The fraction of sp³-hybridized carbons (Fsp3) is 0.304. The van der Waals surface area contributed by atoms with E-state index in [-0.39, 0.29) is 5.91 Å². The van der Waals surface area contributed by atoms with E-state index in [9.17, 15) is 4.79 Å². The first-order chi connectivity index (χ1) is 14.7. The maximum absolute atomic E-state index is 12.3. The smallest absolute Gasteiger partial charge is 0.255 e. The monoisotopic (exact) mass is 402 g/mol. The molecule has 0 bridgehead atoms. The number of rotatable bonds is 6. The largest absolute Gasteiger partial charge is 0.366 e. The molecule has 1 amide bonds. The van der Waals surface area contributed by atoms with Crippen LogP contribution in [0.2, 0.25) is 0 Å². The van der Waals surface area contributed by atoms with Crippen molar-refractivity contribution >= 4 is 23.2 Å². The van der Waals surface area contributed by atoms with Crippen molar-refractivity contribution in [2.24, 2.45) is 5.92 Å². The van der Waals surface area contributed by atoms with Crippen molar-refractivity contribution in [3.05, 3.63) is 72.3 Å². The molecule has 0 spiro atoms. The second-order valence-corrected chi connectivity index (χ2v) is 7.70. The van der Waals surface area contributed by atoms with Gasteiger partial charge in [-0.2, -0.15) is 0 Å². The maximum atomic E-state index is 12.3. The number of pyridine rings is 1. The minimum Gasteiger partial charge on any atom is -0.366 e. The summed E-state index contributed by atoms with van der Waals surface area (Å²) in [6.45, 7) is 4.97. The molecule has 7 nitrogen and oxygen atoms in total. The van der Waals surface area contributed by atoms with Crippen molar-refractivity contribution in [1.82, 2.24) is 15.0 Å². The van der Waals surface area contributed by atoms with Gasteiger partial charge >= 0.3 is 0 Å². The van der Waals surface area contributed by atoms with Crippen LogP contribution in [0.5, 0.6) is 0 Å². The summed E-state index contributed by atoms with van der Waals surface area (Å²) in [5.41, 5.74) is 2.38. The molecule has 4 rings (SSSR count). The minimum atomic E-state index is -0.154. The number of carbonyl (C=O) groups excluding carboxylic acids is 1. The average Bonchev–Trinajstić information content (AvgIpc) is 2.79. The second kappa shape index (κ2) is 9.35. The zero-order chi connectivity index (χ0) is 20.8. The summed E-state index contributed by atoms with van der Waals surface area (Å²) in [6.07, 6.45) is 7.31. The molecule has 30 heavy (non-hydrogen) atoms. The van der Waals surface area contributed by atoms with Gasteiger partial charge in [0.15, 0.2) is 0 Å². The summed E-state index contributed by atoms with van der Waals surface area (Å²) < 4.78 is 0. The summed E-state index contributed by atoms with van der Waals surface area (Å²) in [7, 11) is 0. The number of hydrogen-bond acceptors (Lipinski definition) is 6. The molecular formula is C23H26N6O. The van der Waals surface area contributed by atoms with Crippen molar-refractivity contribution < 1.29 is 4.79 Å².